The van der Waals surface area contributed by atoms with Crippen LogP contribution in [0.1, 0.15) is 28.9 Å². The molecule has 134 valence electrons. The molecule has 4 rings (SSSR count). The third-order valence-electron chi connectivity index (χ3n) is 4.88. The summed E-state index contributed by atoms with van der Waals surface area (Å²) < 4.78 is 5.36. The van der Waals surface area contributed by atoms with Crippen LogP contribution < -0.4 is 5.73 Å². The van der Waals surface area contributed by atoms with Crippen LogP contribution in [0.5, 0.6) is 0 Å². The van der Waals surface area contributed by atoms with Crippen LogP contribution in [0.25, 0.3) is 22.4 Å². The van der Waals surface area contributed by atoms with Gasteiger partial charge in [-0.1, -0.05) is 28.9 Å². The molecule has 1 saturated heterocycles. The highest BCUT2D eigenvalue weighted by atomic mass is 35.5. The molecule has 26 heavy (non-hydrogen) atoms. The third-order valence-corrected chi connectivity index (χ3v) is 5.11. The van der Waals surface area contributed by atoms with E-state index < -0.39 is 0 Å². The molecule has 1 aromatic carbocycles. The first-order chi connectivity index (χ1) is 12.6. The predicted molar refractivity (Wildman–Crippen MR) is 100 cm³/mol. The summed E-state index contributed by atoms with van der Waals surface area (Å²) in [6, 6.07) is 9.22. The van der Waals surface area contributed by atoms with E-state index in [1.807, 2.05) is 30.0 Å². The fourth-order valence-corrected chi connectivity index (χ4v) is 3.75. The second kappa shape index (κ2) is 6.70. The zero-order valence-electron chi connectivity index (χ0n) is 14.4. The number of amides is 1. The first kappa shape index (κ1) is 17.0. The predicted octanol–water partition coefficient (Wildman–Crippen LogP) is 3.41. The maximum absolute atomic E-state index is 13.3. The molecule has 0 saturated carbocycles. The number of hydrogen-bond acceptors (Lipinski definition) is 5. The average molecular weight is 371 g/mol. The van der Waals surface area contributed by atoms with Gasteiger partial charge in [0.2, 0.25) is 0 Å². The van der Waals surface area contributed by atoms with Crippen LogP contribution in [-0.4, -0.2) is 40.1 Å². The van der Waals surface area contributed by atoms with Crippen molar-refractivity contribution in [1.82, 2.24) is 15.0 Å². The molecule has 0 radical (unpaired) electrons. The summed E-state index contributed by atoms with van der Waals surface area (Å²) in [5.41, 5.74) is 8.84. The van der Waals surface area contributed by atoms with Crippen molar-refractivity contribution in [1.29, 1.82) is 0 Å². The van der Waals surface area contributed by atoms with E-state index in [1.54, 1.807) is 12.1 Å². The van der Waals surface area contributed by atoms with Gasteiger partial charge in [-0.2, -0.15) is 0 Å². The van der Waals surface area contributed by atoms with Gasteiger partial charge in [-0.05, 0) is 38.0 Å². The standard InChI is InChI=1S/C19H19ClN4O2/c1-11-17-15(19(25)24-7-3-6-14(24)10-21)9-16(22-18(17)26-23-11)12-4-2-5-13(20)8-12/h2,4-5,8-9,14H,3,6-7,10,21H2,1H3. The molecule has 7 heteroatoms. The van der Waals surface area contributed by atoms with Crippen LogP contribution in [0.3, 0.4) is 0 Å². The van der Waals surface area contributed by atoms with Crippen LogP contribution in [-0.2, 0) is 0 Å². The van der Waals surface area contributed by atoms with Crippen LogP contribution in [0.4, 0.5) is 0 Å². The zero-order valence-corrected chi connectivity index (χ0v) is 15.2. The van der Waals surface area contributed by atoms with Gasteiger partial charge in [0.15, 0.2) is 0 Å². The van der Waals surface area contributed by atoms with Crippen LogP contribution in [0.2, 0.25) is 5.02 Å². The lowest BCUT2D eigenvalue weighted by molar-refractivity contribution is 0.0743. The van der Waals surface area contributed by atoms with E-state index in [9.17, 15) is 4.79 Å². The largest absolute Gasteiger partial charge is 0.335 e. The molecule has 2 N–H and O–H groups in total. The van der Waals surface area contributed by atoms with Gasteiger partial charge in [-0.15, -0.1) is 0 Å². The quantitative estimate of drug-likeness (QED) is 0.763. The van der Waals surface area contributed by atoms with Crippen LogP contribution in [0, 0.1) is 6.92 Å². The van der Waals surface area contributed by atoms with Crippen molar-refractivity contribution in [2.24, 2.45) is 5.73 Å². The molecule has 0 aliphatic carbocycles. The van der Waals surface area contributed by atoms with Crippen LogP contribution >= 0.6 is 11.6 Å². The Hall–Kier alpha value is -2.44. The summed E-state index contributed by atoms with van der Waals surface area (Å²) in [4.78, 5) is 19.7. The molecule has 1 amide bonds. The molecule has 1 atom stereocenters. The van der Waals surface area contributed by atoms with E-state index in [1.165, 1.54) is 0 Å². The Bertz CT molecular complexity index is 985. The topological polar surface area (TPSA) is 85.2 Å². The molecule has 1 fully saturated rings. The minimum absolute atomic E-state index is 0.0556. The Morgan fingerprint density at radius 2 is 2.27 bits per heavy atom. The number of rotatable bonds is 3. The lowest BCUT2D eigenvalue weighted by Crippen LogP contribution is -2.40. The van der Waals surface area contributed by atoms with Crippen molar-refractivity contribution in [3.8, 4) is 11.3 Å². The second-order valence-electron chi connectivity index (χ2n) is 6.54. The smallest absolute Gasteiger partial charge is 0.259 e. The summed E-state index contributed by atoms with van der Waals surface area (Å²) in [5, 5.41) is 5.26. The number of likely N-dealkylation sites (tertiary alicyclic amines) is 1. The molecule has 1 aliphatic heterocycles. The molecule has 0 spiro atoms. The normalized spacial score (nSPS) is 17.2. The highest BCUT2D eigenvalue weighted by Crippen LogP contribution is 2.30. The first-order valence-corrected chi connectivity index (χ1v) is 9.00. The Balaban J connectivity index is 1.87. The number of aryl methyl sites for hydroxylation is 1. The number of nitrogens with two attached hydrogens (primary N) is 1. The lowest BCUT2D eigenvalue weighted by Gasteiger charge is -2.24. The van der Waals surface area contributed by atoms with Gasteiger partial charge in [-0.25, -0.2) is 4.98 Å². The zero-order chi connectivity index (χ0) is 18.3. The first-order valence-electron chi connectivity index (χ1n) is 8.62. The maximum atomic E-state index is 13.3. The van der Waals surface area contributed by atoms with Gasteiger partial charge >= 0.3 is 0 Å². The highest BCUT2D eigenvalue weighted by molar-refractivity contribution is 6.30. The molecule has 1 aliphatic rings. The number of aromatic nitrogens is 2. The van der Waals surface area contributed by atoms with Gasteiger partial charge in [0.05, 0.1) is 22.3 Å². The Morgan fingerprint density at radius 1 is 1.42 bits per heavy atom. The van der Waals surface area contributed by atoms with E-state index in [0.29, 0.717) is 46.2 Å². The van der Waals surface area contributed by atoms with Gasteiger partial charge < -0.3 is 15.2 Å². The number of benzene rings is 1. The molecule has 2 aromatic heterocycles. The van der Waals surface area contributed by atoms with E-state index in [0.717, 1.165) is 18.4 Å². The minimum Gasteiger partial charge on any atom is -0.335 e. The Kier molecular flexibility index (Phi) is 4.38. The molecule has 3 aromatic rings. The molecule has 3 heterocycles. The highest BCUT2D eigenvalue weighted by Gasteiger charge is 2.31. The number of carbonyl (C=O) groups excluding carboxylic acids is 1. The fourth-order valence-electron chi connectivity index (χ4n) is 3.56. The van der Waals surface area contributed by atoms with Crippen molar-refractivity contribution in [3.63, 3.8) is 0 Å². The lowest BCUT2D eigenvalue weighted by atomic mass is 10.0. The number of pyridine rings is 1. The number of carbonyl (C=O) groups is 1. The summed E-state index contributed by atoms with van der Waals surface area (Å²) in [6.45, 7) is 2.98. The van der Waals surface area contributed by atoms with Gasteiger partial charge in [-0.3, -0.25) is 4.79 Å². The molecule has 1 unspecified atom stereocenters. The van der Waals surface area contributed by atoms with E-state index in [4.69, 9.17) is 21.9 Å². The fraction of sp³-hybridized carbons (Fsp3) is 0.316. The average Bonchev–Trinajstić information content (AvgIpc) is 3.27. The maximum Gasteiger partial charge on any atom is 0.259 e. The van der Waals surface area contributed by atoms with Crippen molar-refractivity contribution < 1.29 is 9.32 Å². The number of halogens is 1. The van der Waals surface area contributed by atoms with Crippen molar-refractivity contribution in [3.05, 3.63) is 46.6 Å². The summed E-state index contributed by atoms with van der Waals surface area (Å²) >= 11 is 6.11. The number of hydrogen-bond donors (Lipinski definition) is 1. The van der Waals surface area contributed by atoms with Crippen molar-refractivity contribution in [2.75, 3.05) is 13.1 Å². The number of fused-ring (bicyclic) bond motifs is 1. The minimum atomic E-state index is -0.0556. The summed E-state index contributed by atoms with van der Waals surface area (Å²) in [6.07, 6.45) is 1.89. The van der Waals surface area contributed by atoms with E-state index in [-0.39, 0.29) is 11.9 Å². The summed E-state index contributed by atoms with van der Waals surface area (Å²) in [5.74, 6) is -0.0556. The molecular formula is C19H19ClN4O2. The third kappa shape index (κ3) is 2.85. The monoisotopic (exact) mass is 370 g/mol. The van der Waals surface area contributed by atoms with Gasteiger partial charge in [0.25, 0.3) is 11.6 Å². The molecule has 0 bridgehead atoms. The van der Waals surface area contributed by atoms with Crippen LogP contribution in [0.15, 0.2) is 34.9 Å². The summed E-state index contributed by atoms with van der Waals surface area (Å²) in [7, 11) is 0. The van der Waals surface area contributed by atoms with Crippen molar-refractivity contribution in [2.45, 2.75) is 25.8 Å². The van der Waals surface area contributed by atoms with Crippen molar-refractivity contribution >= 4 is 28.6 Å². The van der Waals surface area contributed by atoms with E-state index in [2.05, 4.69) is 10.1 Å². The number of nitrogens with zero attached hydrogens (tertiary/aromatic N) is 3. The Morgan fingerprint density at radius 3 is 3.04 bits per heavy atom. The molecule has 6 nitrogen and oxygen atoms in total. The second-order valence-corrected chi connectivity index (χ2v) is 6.98. The van der Waals surface area contributed by atoms with Gasteiger partial charge in [0.1, 0.15) is 0 Å². The van der Waals surface area contributed by atoms with E-state index >= 15 is 0 Å². The molecular weight excluding hydrogens is 352 g/mol. The SMILES string of the molecule is Cc1noc2nc(-c3cccc(Cl)c3)cc(C(=O)N3CCCC3CN)c12. The van der Waals surface area contributed by atoms with Gasteiger partial charge in [0, 0.05) is 29.7 Å². The Labute approximate surface area is 155 Å².